The van der Waals surface area contributed by atoms with E-state index in [1.165, 1.54) is 4.57 Å². The number of amides is 1. The van der Waals surface area contributed by atoms with Crippen molar-refractivity contribution in [3.05, 3.63) is 20.7 Å². The highest BCUT2D eigenvalue weighted by atomic mass is 32.1. The van der Waals surface area contributed by atoms with Gasteiger partial charge in [-0.05, 0) is 32.6 Å². The molecule has 0 saturated heterocycles. The summed E-state index contributed by atoms with van der Waals surface area (Å²) in [5, 5.41) is 4.48. The van der Waals surface area contributed by atoms with Gasteiger partial charge in [0, 0.05) is 17.1 Å². The van der Waals surface area contributed by atoms with Crippen LogP contribution in [0.1, 0.15) is 25.5 Å². The predicted octanol–water partition coefficient (Wildman–Crippen LogP) is 0.676. The number of nitrogens with zero attached hydrogens (tertiary/aromatic N) is 1. The number of esters is 1. The number of carbonyl (C=O) groups is 2. The molecule has 0 bridgehead atoms. The Morgan fingerprint density at radius 1 is 1.55 bits per heavy atom. The van der Waals surface area contributed by atoms with Crippen molar-refractivity contribution in [2.45, 2.75) is 39.3 Å². The van der Waals surface area contributed by atoms with Crippen molar-refractivity contribution in [3.63, 3.8) is 0 Å². The minimum atomic E-state index is -0.581. The summed E-state index contributed by atoms with van der Waals surface area (Å²) in [6, 6.07) is 0.128. The first-order valence-electron chi connectivity index (χ1n) is 6.57. The third kappa shape index (κ3) is 3.93. The number of carbonyl (C=O) groups excluding carboxylic acids is 2. The summed E-state index contributed by atoms with van der Waals surface area (Å²) in [5.41, 5.74) is 0.712. The molecular weight excluding hydrogens is 280 g/mol. The van der Waals surface area contributed by atoms with Crippen molar-refractivity contribution < 1.29 is 14.3 Å². The van der Waals surface area contributed by atoms with Crippen LogP contribution in [0, 0.1) is 12.8 Å². The van der Waals surface area contributed by atoms with Gasteiger partial charge >= 0.3 is 10.8 Å². The lowest BCUT2D eigenvalue weighted by Gasteiger charge is -2.12. The van der Waals surface area contributed by atoms with Crippen LogP contribution in [0.3, 0.4) is 0 Å². The molecule has 1 heterocycles. The molecule has 0 aliphatic heterocycles. The Balaban J connectivity index is 1.74. The van der Waals surface area contributed by atoms with Gasteiger partial charge in [0.1, 0.15) is 6.54 Å². The van der Waals surface area contributed by atoms with Crippen LogP contribution in [0.15, 0.2) is 10.2 Å². The van der Waals surface area contributed by atoms with Gasteiger partial charge in [-0.25, -0.2) is 0 Å². The largest absolute Gasteiger partial charge is 0.454 e. The Morgan fingerprint density at radius 3 is 2.80 bits per heavy atom. The third-order valence-electron chi connectivity index (χ3n) is 3.35. The second-order valence-corrected chi connectivity index (χ2v) is 5.90. The molecule has 1 saturated carbocycles. The van der Waals surface area contributed by atoms with Gasteiger partial charge in [-0.3, -0.25) is 19.0 Å². The number of ether oxygens (including phenoxy) is 1. The highest BCUT2D eigenvalue weighted by molar-refractivity contribution is 7.07. The van der Waals surface area contributed by atoms with E-state index in [4.69, 9.17) is 4.74 Å². The van der Waals surface area contributed by atoms with Crippen molar-refractivity contribution in [2.75, 3.05) is 6.61 Å². The summed E-state index contributed by atoms with van der Waals surface area (Å²) in [6.07, 6.45) is 2.28. The van der Waals surface area contributed by atoms with Crippen LogP contribution in [-0.4, -0.2) is 29.1 Å². The Labute approximate surface area is 120 Å². The number of hydrogen-bond donors (Lipinski definition) is 1. The van der Waals surface area contributed by atoms with E-state index in [1.54, 1.807) is 12.3 Å². The van der Waals surface area contributed by atoms with E-state index in [2.05, 4.69) is 5.32 Å². The smallest absolute Gasteiger partial charge is 0.326 e. The van der Waals surface area contributed by atoms with Crippen molar-refractivity contribution >= 4 is 23.2 Å². The molecule has 7 heteroatoms. The Morgan fingerprint density at radius 2 is 2.25 bits per heavy atom. The second-order valence-electron chi connectivity index (χ2n) is 5.08. The van der Waals surface area contributed by atoms with Crippen LogP contribution < -0.4 is 10.2 Å². The number of hydrogen-bond acceptors (Lipinski definition) is 5. The number of thiazole rings is 1. The molecule has 0 radical (unpaired) electrons. The molecule has 1 N–H and O–H groups in total. The van der Waals surface area contributed by atoms with Gasteiger partial charge in [-0.15, -0.1) is 0 Å². The summed E-state index contributed by atoms with van der Waals surface area (Å²) in [5.74, 6) is -0.323. The molecule has 0 unspecified atom stereocenters. The number of aromatic nitrogens is 1. The minimum absolute atomic E-state index is 0.128. The molecular formula is C13H18N2O4S. The topological polar surface area (TPSA) is 77.4 Å². The van der Waals surface area contributed by atoms with Crippen LogP contribution in [0.4, 0.5) is 0 Å². The molecule has 1 atom stereocenters. The van der Waals surface area contributed by atoms with E-state index in [-0.39, 0.29) is 30.0 Å². The summed E-state index contributed by atoms with van der Waals surface area (Å²) in [4.78, 5) is 34.4. The first-order valence-corrected chi connectivity index (χ1v) is 7.45. The molecule has 0 aromatic carbocycles. The lowest BCUT2D eigenvalue weighted by atomic mass is 10.2. The van der Waals surface area contributed by atoms with E-state index in [0.717, 1.165) is 24.2 Å². The average molecular weight is 298 g/mol. The molecule has 20 heavy (non-hydrogen) atoms. The van der Waals surface area contributed by atoms with E-state index in [9.17, 15) is 14.4 Å². The molecule has 1 fully saturated rings. The third-order valence-corrected chi connectivity index (χ3v) is 4.23. The van der Waals surface area contributed by atoms with Crippen LogP contribution in [0.5, 0.6) is 0 Å². The molecule has 1 aromatic rings. The van der Waals surface area contributed by atoms with Gasteiger partial charge in [0.05, 0.1) is 0 Å². The fourth-order valence-electron chi connectivity index (χ4n) is 1.93. The van der Waals surface area contributed by atoms with E-state index in [1.807, 2.05) is 6.92 Å². The normalized spacial score (nSPS) is 15.7. The maximum Gasteiger partial charge on any atom is 0.326 e. The Bertz CT molecular complexity index is 559. The van der Waals surface area contributed by atoms with Gasteiger partial charge in [0.25, 0.3) is 5.91 Å². The SMILES string of the molecule is Cc1csc(=O)n1CC(=O)OCC(=O)N[C@H](C)C1CC1. The Kier molecular flexibility index (Phi) is 4.59. The first-order chi connectivity index (χ1) is 9.47. The molecule has 1 aromatic heterocycles. The predicted molar refractivity (Wildman–Crippen MR) is 74.6 cm³/mol. The highest BCUT2D eigenvalue weighted by Crippen LogP contribution is 2.32. The van der Waals surface area contributed by atoms with Crippen molar-refractivity contribution in [2.24, 2.45) is 5.92 Å². The number of nitrogens with one attached hydrogen (secondary N) is 1. The van der Waals surface area contributed by atoms with Crippen molar-refractivity contribution in [1.29, 1.82) is 0 Å². The summed E-state index contributed by atoms with van der Waals surface area (Å²) < 4.78 is 6.21. The first kappa shape index (κ1) is 14.8. The van der Waals surface area contributed by atoms with Crippen molar-refractivity contribution in [1.82, 2.24) is 9.88 Å². The van der Waals surface area contributed by atoms with Gasteiger partial charge in [-0.1, -0.05) is 11.3 Å². The van der Waals surface area contributed by atoms with E-state index < -0.39 is 5.97 Å². The fraction of sp³-hybridized carbons (Fsp3) is 0.615. The van der Waals surface area contributed by atoms with Gasteiger partial charge < -0.3 is 10.1 Å². The van der Waals surface area contributed by atoms with Crippen molar-refractivity contribution in [3.8, 4) is 0 Å². The van der Waals surface area contributed by atoms with Crippen LogP contribution in [0.25, 0.3) is 0 Å². The van der Waals surface area contributed by atoms with E-state index >= 15 is 0 Å². The van der Waals surface area contributed by atoms with Gasteiger partial charge in [0.15, 0.2) is 6.61 Å². The molecule has 2 rings (SSSR count). The fourth-order valence-corrected chi connectivity index (χ4v) is 2.66. The molecule has 1 aliphatic carbocycles. The summed E-state index contributed by atoms with van der Waals surface area (Å²) in [7, 11) is 0. The van der Waals surface area contributed by atoms with E-state index in [0.29, 0.717) is 11.6 Å². The lowest BCUT2D eigenvalue weighted by Crippen LogP contribution is -2.37. The highest BCUT2D eigenvalue weighted by Gasteiger charge is 2.28. The minimum Gasteiger partial charge on any atom is -0.454 e. The zero-order chi connectivity index (χ0) is 14.7. The number of rotatable bonds is 6. The standard InChI is InChI=1S/C13H18N2O4S/c1-8-7-20-13(18)15(8)5-12(17)19-6-11(16)14-9(2)10-3-4-10/h7,9-10H,3-6H2,1-2H3,(H,14,16)/t9-/m1/s1. The molecule has 1 amide bonds. The summed E-state index contributed by atoms with van der Waals surface area (Å²) >= 11 is 1.04. The second kappa shape index (κ2) is 6.21. The molecule has 1 aliphatic rings. The molecule has 6 nitrogen and oxygen atoms in total. The van der Waals surface area contributed by atoms with Crippen LogP contribution >= 0.6 is 11.3 Å². The van der Waals surface area contributed by atoms with Gasteiger partial charge in [-0.2, -0.15) is 0 Å². The summed E-state index contributed by atoms with van der Waals surface area (Å²) in [6.45, 7) is 3.24. The maximum absolute atomic E-state index is 11.6. The quantitative estimate of drug-likeness (QED) is 0.783. The average Bonchev–Trinajstić information content (AvgIpc) is 3.19. The van der Waals surface area contributed by atoms with Gasteiger partial charge in [0.2, 0.25) is 0 Å². The zero-order valence-electron chi connectivity index (χ0n) is 11.5. The maximum atomic E-state index is 11.6. The van der Waals surface area contributed by atoms with Crippen LogP contribution in [0.2, 0.25) is 0 Å². The van der Waals surface area contributed by atoms with Crippen LogP contribution in [-0.2, 0) is 20.9 Å². The Hall–Kier alpha value is -1.63. The molecule has 0 spiro atoms. The lowest BCUT2D eigenvalue weighted by molar-refractivity contribution is -0.149. The number of aryl methyl sites for hydroxylation is 1. The zero-order valence-corrected chi connectivity index (χ0v) is 12.4. The molecule has 110 valence electrons. The monoisotopic (exact) mass is 298 g/mol.